The topological polar surface area (TPSA) is 12.0 Å². The van der Waals surface area contributed by atoms with Crippen LogP contribution in [0.4, 0.5) is 0 Å². The highest BCUT2D eigenvalue weighted by Gasteiger charge is 2.00. The molecule has 0 aliphatic carbocycles. The molecule has 1 N–H and O–H groups in total. The normalized spacial score (nSPS) is 10.7. The number of benzene rings is 1. The SMILES string of the molecule is Cc1cc(C)c(CNCCCS)cc1C. The zero-order chi connectivity index (χ0) is 11.3. The maximum absolute atomic E-state index is 4.19. The van der Waals surface area contributed by atoms with E-state index in [4.69, 9.17) is 0 Å². The predicted molar refractivity (Wildman–Crippen MR) is 70.8 cm³/mol. The largest absolute Gasteiger partial charge is 0.313 e. The van der Waals surface area contributed by atoms with E-state index < -0.39 is 0 Å². The molecule has 0 spiro atoms. The first-order valence-electron chi connectivity index (χ1n) is 5.53. The molecule has 1 rings (SSSR count). The van der Waals surface area contributed by atoms with Gasteiger partial charge < -0.3 is 5.32 Å². The van der Waals surface area contributed by atoms with Gasteiger partial charge in [-0.3, -0.25) is 0 Å². The highest BCUT2D eigenvalue weighted by atomic mass is 32.1. The van der Waals surface area contributed by atoms with Crippen LogP contribution in [0.5, 0.6) is 0 Å². The monoisotopic (exact) mass is 223 g/mol. The molecule has 0 unspecified atom stereocenters. The van der Waals surface area contributed by atoms with Crippen molar-refractivity contribution >= 4 is 12.6 Å². The third-order valence-corrected chi connectivity index (χ3v) is 3.10. The van der Waals surface area contributed by atoms with Crippen molar-refractivity contribution in [3.63, 3.8) is 0 Å². The molecule has 0 fully saturated rings. The van der Waals surface area contributed by atoms with Gasteiger partial charge in [0.05, 0.1) is 0 Å². The molecule has 0 heterocycles. The molecule has 0 saturated heterocycles. The van der Waals surface area contributed by atoms with E-state index in [-0.39, 0.29) is 0 Å². The summed E-state index contributed by atoms with van der Waals surface area (Å²) in [7, 11) is 0. The molecule has 0 aliphatic rings. The van der Waals surface area contributed by atoms with Crippen LogP contribution in [0.3, 0.4) is 0 Å². The summed E-state index contributed by atoms with van der Waals surface area (Å²) in [6.45, 7) is 8.55. The van der Waals surface area contributed by atoms with E-state index in [2.05, 4.69) is 50.8 Å². The fraction of sp³-hybridized carbons (Fsp3) is 0.538. The van der Waals surface area contributed by atoms with Crippen molar-refractivity contribution in [1.29, 1.82) is 0 Å². The van der Waals surface area contributed by atoms with Crippen LogP contribution in [-0.4, -0.2) is 12.3 Å². The number of nitrogens with one attached hydrogen (secondary N) is 1. The lowest BCUT2D eigenvalue weighted by Crippen LogP contribution is -2.16. The van der Waals surface area contributed by atoms with Crippen molar-refractivity contribution in [3.8, 4) is 0 Å². The molecule has 1 nitrogen and oxygen atoms in total. The molecule has 0 bridgehead atoms. The molecule has 0 saturated carbocycles. The third kappa shape index (κ3) is 3.88. The Kier molecular flexibility index (Phi) is 5.20. The second-order valence-corrected chi connectivity index (χ2v) is 4.56. The lowest BCUT2D eigenvalue weighted by molar-refractivity contribution is 0.676. The van der Waals surface area contributed by atoms with E-state index in [0.29, 0.717) is 0 Å². The Morgan fingerprint density at radius 3 is 2.40 bits per heavy atom. The standard InChI is InChI=1S/C13H21NS/c1-10-7-12(3)13(8-11(10)2)9-14-5-4-6-15/h7-8,14-15H,4-6,9H2,1-3H3. The van der Waals surface area contributed by atoms with Gasteiger partial charge in [0.1, 0.15) is 0 Å². The van der Waals surface area contributed by atoms with Gasteiger partial charge in [-0.15, -0.1) is 0 Å². The second kappa shape index (κ2) is 6.19. The average molecular weight is 223 g/mol. The quantitative estimate of drug-likeness (QED) is 0.577. The van der Waals surface area contributed by atoms with Gasteiger partial charge in [0.15, 0.2) is 0 Å². The summed E-state index contributed by atoms with van der Waals surface area (Å²) in [4.78, 5) is 0. The number of hydrogen-bond donors (Lipinski definition) is 2. The molecule has 2 heteroatoms. The molecule has 0 amide bonds. The van der Waals surface area contributed by atoms with Crippen LogP contribution in [0.2, 0.25) is 0 Å². The van der Waals surface area contributed by atoms with Crippen LogP contribution >= 0.6 is 12.6 Å². The van der Waals surface area contributed by atoms with Gasteiger partial charge in [-0.1, -0.05) is 12.1 Å². The minimum atomic E-state index is 0.957. The number of rotatable bonds is 5. The summed E-state index contributed by atoms with van der Waals surface area (Å²) in [6, 6.07) is 4.56. The van der Waals surface area contributed by atoms with Gasteiger partial charge in [0.2, 0.25) is 0 Å². The lowest BCUT2D eigenvalue weighted by atomic mass is 10.0. The van der Waals surface area contributed by atoms with Gasteiger partial charge in [-0.05, 0) is 61.7 Å². The van der Waals surface area contributed by atoms with Crippen molar-refractivity contribution in [2.45, 2.75) is 33.7 Å². The molecule has 1 aromatic carbocycles. The van der Waals surface area contributed by atoms with Gasteiger partial charge in [0.25, 0.3) is 0 Å². The third-order valence-electron chi connectivity index (χ3n) is 2.78. The number of aryl methyl sites for hydroxylation is 3. The molecule has 0 radical (unpaired) electrons. The first kappa shape index (κ1) is 12.6. The summed E-state index contributed by atoms with van der Waals surface area (Å²) in [5.41, 5.74) is 5.56. The molecular formula is C13H21NS. The summed E-state index contributed by atoms with van der Waals surface area (Å²) in [5.74, 6) is 0.957. The fourth-order valence-corrected chi connectivity index (χ4v) is 1.80. The lowest BCUT2D eigenvalue weighted by Gasteiger charge is -2.10. The number of hydrogen-bond acceptors (Lipinski definition) is 2. The second-order valence-electron chi connectivity index (χ2n) is 4.12. The van der Waals surface area contributed by atoms with E-state index in [9.17, 15) is 0 Å². The van der Waals surface area contributed by atoms with Crippen LogP contribution in [0.1, 0.15) is 28.7 Å². The van der Waals surface area contributed by atoms with E-state index in [1.807, 2.05) is 0 Å². The first-order valence-corrected chi connectivity index (χ1v) is 6.16. The maximum atomic E-state index is 4.19. The van der Waals surface area contributed by atoms with Crippen LogP contribution < -0.4 is 5.32 Å². The van der Waals surface area contributed by atoms with Crippen molar-refractivity contribution in [1.82, 2.24) is 5.32 Å². The maximum Gasteiger partial charge on any atom is 0.0208 e. The van der Waals surface area contributed by atoms with Gasteiger partial charge >= 0.3 is 0 Å². The predicted octanol–water partition coefficient (Wildman–Crippen LogP) is 3.02. The smallest absolute Gasteiger partial charge is 0.0208 e. The molecule has 84 valence electrons. The van der Waals surface area contributed by atoms with Crippen LogP contribution in [0.15, 0.2) is 12.1 Å². The summed E-state index contributed by atoms with van der Waals surface area (Å²) < 4.78 is 0. The van der Waals surface area contributed by atoms with Crippen LogP contribution in [0.25, 0.3) is 0 Å². The Labute approximate surface area is 98.7 Å². The van der Waals surface area contributed by atoms with E-state index >= 15 is 0 Å². The van der Waals surface area contributed by atoms with Gasteiger partial charge in [-0.2, -0.15) is 12.6 Å². The Hall–Kier alpha value is -0.470. The first-order chi connectivity index (χ1) is 7.15. The molecular weight excluding hydrogens is 202 g/mol. The van der Waals surface area contributed by atoms with E-state index in [1.165, 1.54) is 22.3 Å². The van der Waals surface area contributed by atoms with Crippen LogP contribution in [0, 0.1) is 20.8 Å². The van der Waals surface area contributed by atoms with Gasteiger partial charge in [-0.25, -0.2) is 0 Å². The molecule has 0 atom stereocenters. The van der Waals surface area contributed by atoms with E-state index in [1.54, 1.807) is 0 Å². The Morgan fingerprint density at radius 1 is 1.07 bits per heavy atom. The Bertz CT molecular complexity index is 321. The fourth-order valence-electron chi connectivity index (χ4n) is 1.64. The van der Waals surface area contributed by atoms with Crippen molar-refractivity contribution in [3.05, 3.63) is 34.4 Å². The minimum absolute atomic E-state index is 0.957. The summed E-state index contributed by atoms with van der Waals surface area (Å²) in [5, 5.41) is 3.44. The van der Waals surface area contributed by atoms with Crippen molar-refractivity contribution in [2.24, 2.45) is 0 Å². The summed E-state index contributed by atoms with van der Waals surface area (Å²) in [6.07, 6.45) is 1.13. The molecule has 15 heavy (non-hydrogen) atoms. The molecule has 0 aliphatic heterocycles. The van der Waals surface area contributed by atoms with Gasteiger partial charge in [0, 0.05) is 6.54 Å². The molecule has 0 aromatic heterocycles. The zero-order valence-electron chi connectivity index (χ0n) is 9.93. The van der Waals surface area contributed by atoms with E-state index in [0.717, 1.165) is 25.3 Å². The Morgan fingerprint density at radius 2 is 1.73 bits per heavy atom. The van der Waals surface area contributed by atoms with Crippen LogP contribution in [-0.2, 0) is 6.54 Å². The average Bonchev–Trinajstić information content (AvgIpc) is 2.20. The highest BCUT2D eigenvalue weighted by Crippen LogP contribution is 2.14. The minimum Gasteiger partial charge on any atom is -0.313 e. The highest BCUT2D eigenvalue weighted by molar-refractivity contribution is 7.80. The zero-order valence-corrected chi connectivity index (χ0v) is 10.8. The number of thiol groups is 1. The molecule has 1 aromatic rings. The summed E-state index contributed by atoms with van der Waals surface area (Å²) >= 11 is 4.19. The van der Waals surface area contributed by atoms with Crippen molar-refractivity contribution in [2.75, 3.05) is 12.3 Å². The Balaban J connectivity index is 2.57. The van der Waals surface area contributed by atoms with Crippen molar-refractivity contribution < 1.29 is 0 Å².